The van der Waals surface area contributed by atoms with Crippen LogP contribution >= 0.6 is 0 Å². The Balaban J connectivity index is 1.46. The lowest BCUT2D eigenvalue weighted by molar-refractivity contribution is -0.116. The molecule has 8 heteroatoms. The number of aromatic nitrogens is 1. The molecule has 1 N–H and O–H groups in total. The Bertz CT molecular complexity index is 924. The van der Waals surface area contributed by atoms with Gasteiger partial charge in [-0.3, -0.25) is 9.59 Å². The molecule has 0 aliphatic carbocycles. The molecule has 3 heterocycles. The standard InChI is InChI=1S/C21H25N5O3/c1-3-29-18-7-5-4-6-16(18)25-8-10-26(11-9-25)21(28)15-12-17-20(22-13-15)23-14-19(27)24(17)2/h4-7,12-13H,3,8-11,14H2,1-2H3,(H,22,23). The Morgan fingerprint density at radius 2 is 1.93 bits per heavy atom. The SMILES string of the molecule is CCOc1ccccc1N1CCN(C(=O)c2cnc3c(c2)N(C)C(=O)CN3)CC1. The van der Waals surface area contributed by atoms with Crippen molar-refractivity contribution in [2.45, 2.75) is 6.92 Å². The largest absolute Gasteiger partial charge is 0.492 e. The van der Waals surface area contributed by atoms with Crippen LogP contribution in [0.15, 0.2) is 36.5 Å². The molecule has 1 fully saturated rings. The van der Waals surface area contributed by atoms with E-state index >= 15 is 0 Å². The van der Waals surface area contributed by atoms with Crippen LogP contribution < -0.4 is 19.9 Å². The smallest absolute Gasteiger partial charge is 0.255 e. The zero-order valence-electron chi connectivity index (χ0n) is 16.7. The first-order valence-corrected chi connectivity index (χ1v) is 9.85. The van der Waals surface area contributed by atoms with Gasteiger partial charge < -0.3 is 24.8 Å². The molecule has 4 rings (SSSR count). The normalized spacial score (nSPS) is 16.3. The summed E-state index contributed by atoms with van der Waals surface area (Å²) in [6.45, 7) is 5.50. The van der Waals surface area contributed by atoms with Crippen molar-refractivity contribution in [1.29, 1.82) is 0 Å². The third kappa shape index (κ3) is 3.70. The van der Waals surface area contributed by atoms with Crippen molar-refractivity contribution in [2.75, 3.05) is 61.5 Å². The Kier molecular flexibility index (Phi) is 5.24. The first-order valence-electron chi connectivity index (χ1n) is 9.85. The second kappa shape index (κ2) is 7.98. The molecule has 2 aromatic rings. The van der Waals surface area contributed by atoms with E-state index in [9.17, 15) is 9.59 Å². The number of hydrogen-bond donors (Lipinski definition) is 1. The number of piperazine rings is 1. The van der Waals surface area contributed by atoms with Crippen molar-refractivity contribution in [1.82, 2.24) is 9.88 Å². The maximum absolute atomic E-state index is 13.0. The lowest BCUT2D eigenvalue weighted by Crippen LogP contribution is -2.49. The summed E-state index contributed by atoms with van der Waals surface area (Å²) in [5.74, 6) is 1.38. The number of ether oxygens (including phenoxy) is 1. The number of amides is 2. The van der Waals surface area contributed by atoms with E-state index in [4.69, 9.17) is 4.74 Å². The summed E-state index contributed by atoms with van der Waals surface area (Å²) >= 11 is 0. The van der Waals surface area contributed by atoms with Crippen LogP contribution in [0.3, 0.4) is 0 Å². The average molecular weight is 395 g/mol. The molecule has 2 aliphatic rings. The highest BCUT2D eigenvalue weighted by Gasteiger charge is 2.27. The number of anilines is 3. The van der Waals surface area contributed by atoms with Crippen LogP contribution in [0.5, 0.6) is 5.75 Å². The van der Waals surface area contributed by atoms with Gasteiger partial charge in [0.15, 0.2) is 0 Å². The summed E-state index contributed by atoms with van der Waals surface area (Å²) in [5, 5.41) is 2.98. The van der Waals surface area contributed by atoms with Crippen molar-refractivity contribution in [3.63, 3.8) is 0 Å². The van der Waals surface area contributed by atoms with E-state index in [0.29, 0.717) is 36.8 Å². The Labute approximate surface area is 170 Å². The lowest BCUT2D eigenvalue weighted by Gasteiger charge is -2.37. The first-order chi connectivity index (χ1) is 14.1. The fourth-order valence-corrected chi connectivity index (χ4v) is 3.70. The maximum atomic E-state index is 13.0. The topological polar surface area (TPSA) is 78.0 Å². The van der Waals surface area contributed by atoms with Gasteiger partial charge >= 0.3 is 0 Å². The van der Waals surface area contributed by atoms with Crippen LogP contribution in [-0.4, -0.2) is 68.1 Å². The number of carbonyl (C=O) groups is 2. The Hall–Kier alpha value is -3.29. The summed E-state index contributed by atoms with van der Waals surface area (Å²) in [6.07, 6.45) is 1.58. The van der Waals surface area contributed by atoms with E-state index < -0.39 is 0 Å². The van der Waals surface area contributed by atoms with Crippen molar-refractivity contribution < 1.29 is 14.3 Å². The summed E-state index contributed by atoms with van der Waals surface area (Å²) in [7, 11) is 1.70. The van der Waals surface area contributed by atoms with Crippen LogP contribution in [0.25, 0.3) is 0 Å². The van der Waals surface area contributed by atoms with Gasteiger partial charge in [0.2, 0.25) is 5.91 Å². The predicted molar refractivity (Wildman–Crippen MR) is 112 cm³/mol. The van der Waals surface area contributed by atoms with Crippen molar-refractivity contribution >= 4 is 29.0 Å². The molecule has 152 valence electrons. The molecule has 2 aliphatic heterocycles. The lowest BCUT2D eigenvalue weighted by atomic mass is 10.1. The molecule has 8 nitrogen and oxygen atoms in total. The second-order valence-electron chi connectivity index (χ2n) is 7.08. The van der Waals surface area contributed by atoms with Crippen LogP contribution in [0, 0.1) is 0 Å². The van der Waals surface area contributed by atoms with Crippen molar-refractivity contribution in [3.8, 4) is 5.75 Å². The molecule has 0 radical (unpaired) electrons. The van der Waals surface area contributed by atoms with E-state index in [0.717, 1.165) is 24.5 Å². The minimum Gasteiger partial charge on any atom is -0.492 e. The number of hydrogen-bond acceptors (Lipinski definition) is 6. The summed E-state index contributed by atoms with van der Waals surface area (Å²) in [6, 6.07) is 9.73. The Morgan fingerprint density at radius 3 is 2.69 bits per heavy atom. The third-order valence-corrected chi connectivity index (χ3v) is 5.33. The molecule has 1 aromatic heterocycles. The second-order valence-corrected chi connectivity index (χ2v) is 7.08. The molecular weight excluding hydrogens is 370 g/mol. The molecule has 0 bridgehead atoms. The van der Waals surface area contributed by atoms with Crippen LogP contribution in [0.4, 0.5) is 17.2 Å². The van der Waals surface area contributed by atoms with Gasteiger partial charge in [0.25, 0.3) is 5.91 Å². The van der Waals surface area contributed by atoms with Gasteiger partial charge in [-0.1, -0.05) is 12.1 Å². The van der Waals surface area contributed by atoms with Gasteiger partial charge in [0.05, 0.1) is 30.1 Å². The fraction of sp³-hybridized carbons (Fsp3) is 0.381. The zero-order chi connectivity index (χ0) is 20.4. The average Bonchev–Trinajstić information content (AvgIpc) is 2.76. The maximum Gasteiger partial charge on any atom is 0.255 e. The highest BCUT2D eigenvalue weighted by Crippen LogP contribution is 2.30. The number of para-hydroxylation sites is 2. The molecule has 2 amide bonds. The molecule has 29 heavy (non-hydrogen) atoms. The quantitative estimate of drug-likeness (QED) is 0.851. The zero-order valence-corrected chi connectivity index (χ0v) is 16.7. The van der Waals surface area contributed by atoms with Gasteiger partial charge in [0, 0.05) is 39.4 Å². The Morgan fingerprint density at radius 1 is 1.17 bits per heavy atom. The number of pyridine rings is 1. The molecule has 0 unspecified atom stereocenters. The molecule has 1 saturated heterocycles. The number of nitrogens with one attached hydrogen (secondary N) is 1. The number of rotatable bonds is 4. The van der Waals surface area contributed by atoms with Crippen LogP contribution in [0.1, 0.15) is 17.3 Å². The van der Waals surface area contributed by atoms with E-state index in [1.165, 1.54) is 4.90 Å². The van der Waals surface area contributed by atoms with Crippen LogP contribution in [-0.2, 0) is 4.79 Å². The molecule has 0 spiro atoms. The highest BCUT2D eigenvalue weighted by atomic mass is 16.5. The number of nitrogens with zero attached hydrogens (tertiary/aromatic N) is 4. The minimum absolute atomic E-state index is 0.0505. The summed E-state index contributed by atoms with van der Waals surface area (Å²) in [4.78, 5) is 34.9. The minimum atomic E-state index is -0.0653. The van der Waals surface area contributed by atoms with E-state index in [1.807, 2.05) is 30.0 Å². The van der Waals surface area contributed by atoms with Crippen LogP contribution in [0.2, 0.25) is 0 Å². The van der Waals surface area contributed by atoms with E-state index in [1.54, 1.807) is 19.3 Å². The van der Waals surface area contributed by atoms with Gasteiger partial charge in [-0.15, -0.1) is 0 Å². The number of likely N-dealkylation sites (N-methyl/N-ethyl adjacent to an activating group) is 1. The summed E-state index contributed by atoms with van der Waals surface area (Å²) < 4.78 is 5.74. The van der Waals surface area contributed by atoms with Crippen molar-refractivity contribution in [2.24, 2.45) is 0 Å². The fourth-order valence-electron chi connectivity index (χ4n) is 3.70. The van der Waals surface area contributed by atoms with Gasteiger partial charge in [-0.05, 0) is 25.1 Å². The molecule has 1 aromatic carbocycles. The monoisotopic (exact) mass is 395 g/mol. The van der Waals surface area contributed by atoms with Crippen molar-refractivity contribution in [3.05, 3.63) is 42.1 Å². The van der Waals surface area contributed by atoms with Gasteiger partial charge in [-0.2, -0.15) is 0 Å². The number of benzene rings is 1. The van der Waals surface area contributed by atoms with Gasteiger partial charge in [-0.25, -0.2) is 4.98 Å². The highest BCUT2D eigenvalue weighted by molar-refractivity contribution is 6.03. The molecule has 0 saturated carbocycles. The third-order valence-electron chi connectivity index (χ3n) is 5.33. The molecule has 0 atom stereocenters. The van der Waals surface area contributed by atoms with E-state index in [2.05, 4.69) is 21.3 Å². The summed E-state index contributed by atoms with van der Waals surface area (Å²) in [5.41, 5.74) is 2.19. The number of fused-ring (bicyclic) bond motifs is 1. The van der Waals surface area contributed by atoms with Gasteiger partial charge in [0.1, 0.15) is 11.6 Å². The molecular formula is C21H25N5O3. The first kappa shape index (κ1) is 19.0. The number of carbonyl (C=O) groups excluding carboxylic acids is 2. The predicted octanol–water partition coefficient (Wildman–Crippen LogP) is 1.83. The van der Waals surface area contributed by atoms with E-state index in [-0.39, 0.29) is 18.4 Å².